The first-order chi connectivity index (χ1) is 9.86. The zero-order valence-corrected chi connectivity index (χ0v) is 12.1. The first-order valence-corrected chi connectivity index (χ1v) is 6.75. The number of phenolic OH excluding ortho intramolecular Hbond substituents is 1. The van der Waals surface area contributed by atoms with Crippen LogP contribution in [0.3, 0.4) is 0 Å². The van der Waals surface area contributed by atoms with Gasteiger partial charge in [-0.1, -0.05) is 30.3 Å². The number of carbonyl (C=O) groups excluding carboxylic acids is 1. The number of hydrogen-bond acceptors (Lipinski definition) is 3. The highest BCUT2D eigenvalue weighted by atomic mass is 16.3. The Morgan fingerprint density at radius 2 is 1.81 bits per heavy atom. The maximum atomic E-state index is 11.9. The number of carbonyl (C=O) groups is 1. The van der Waals surface area contributed by atoms with Gasteiger partial charge in [-0.25, -0.2) is 0 Å². The molecule has 0 saturated carbocycles. The maximum Gasteiger partial charge on any atom is 0.251 e. The molecule has 0 radical (unpaired) electrons. The fourth-order valence-electron chi connectivity index (χ4n) is 1.96. The molecule has 0 aliphatic rings. The van der Waals surface area contributed by atoms with Crippen molar-refractivity contribution < 1.29 is 15.0 Å². The summed E-state index contributed by atoms with van der Waals surface area (Å²) >= 11 is 0. The lowest BCUT2D eigenvalue weighted by Gasteiger charge is -2.18. The molecule has 4 nitrogen and oxygen atoms in total. The van der Waals surface area contributed by atoms with E-state index in [2.05, 4.69) is 5.32 Å². The third-order valence-electron chi connectivity index (χ3n) is 3.22. The zero-order chi connectivity index (χ0) is 15.5. The van der Waals surface area contributed by atoms with Crippen LogP contribution in [0.5, 0.6) is 5.75 Å². The predicted octanol–water partition coefficient (Wildman–Crippen LogP) is 2.55. The Kier molecular flexibility index (Phi) is 4.29. The number of benzene rings is 2. The van der Waals surface area contributed by atoms with Crippen LogP contribution in [-0.2, 0) is 12.1 Å². The van der Waals surface area contributed by atoms with Crippen LogP contribution in [-0.4, -0.2) is 16.1 Å². The van der Waals surface area contributed by atoms with Gasteiger partial charge in [0.1, 0.15) is 5.75 Å². The summed E-state index contributed by atoms with van der Waals surface area (Å²) in [6.45, 7) is 3.85. The molecule has 0 aliphatic heterocycles. The van der Waals surface area contributed by atoms with E-state index >= 15 is 0 Å². The SMILES string of the molecule is CC(C)(O)c1ccc(CNC(=O)c2cccc(O)c2)cc1. The van der Waals surface area contributed by atoms with Crippen molar-refractivity contribution in [3.63, 3.8) is 0 Å². The van der Waals surface area contributed by atoms with Gasteiger partial charge in [0, 0.05) is 12.1 Å². The first kappa shape index (κ1) is 15.1. The average Bonchev–Trinajstić information content (AvgIpc) is 2.44. The van der Waals surface area contributed by atoms with Crippen LogP contribution in [0.4, 0.5) is 0 Å². The summed E-state index contributed by atoms with van der Waals surface area (Å²) in [6.07, 6.45) is 0. The quantitative estimate of drug-likeness (QED) is 0.808. The van der Waals surface area contributed by atoms with E-state index < -0.39 is 5.60 Å². The van der Waals surface area contributed by atoms with Crippen LogP contribution in [0.1, 0.15) is 35.3 Å². The summed E-state index contributed by atoms with van der Waals surface area (Å²) in [5, 5.41) is 22.0. The van der Waals surface area contributed by atoms with Crippen LogP contribution in [0.2, 0.25) is 0 Å². The highest BCUT2D eigenvalue weighted by Crippen LogP contribution is 2.19. The zero-order valence-electron chi connectivity index (χ0n) is 12.1. The maximum absolute atomic E-state index is 11.9. The Labute approximate surface area is 124 Å². The third-order valence-corrected chi connectivity index (χ3v) is 3.22. The molecule has 3 N–H and O–H groups in total. The molecule has 2 rings (SSSR count). The lowest BCUT2D eigenvalue weighted by atomic mass is 9.97. The number of rotatable bonds is 4. The summed E-state index contributed by atoms with van der Waals surface area (Å²) in [7, 11) is 0. The van der Waals surface area contributed by atoms with E-state index in [9.17, 15) is 15.0 Å². The minimum Gasteiger partial charge on any atom is -0.508 e. The Hall–Kier alpha value is -2.33. The molecular weight excluding hydrogens is 266 g/mol. The molecule has 0 atom stereocenters. The topological polar surface area (TPSA) is 69.6 Å². The van der Waals surface area contributed by atoms with E-state index in [1.807, 2.05) is 24.3 Å². The summed E-state index contributed by atoms with van der Waals surface area (Å²) in [5.74, 6) is -0.172. The molecule has 21 heavy (non-hydrogen) atoms. The highest BCUT2D eigenvalue weighted by molar-refractivity contribution is 5.94. The van der Waals surface area contributed by atoms with Gasteiger partial charge in [0.25, 0.3) is 5.91 Å². The van der Waals surface area contributed by atoms with Gasteiger partial charge in [-0.3, -0.25) is 4.79 Å². The minimum absolute atomic E-state index is 0.0668. The minimum atomic E-state index is -0.872. The van der Waals surface area contributed by atoms with Crippen LogP contribution in [0.15, 0.2) is 48.5 Å². The molecule has 0 unspecified atom stereocenters. The Balaban J connectivity index is 1.98. The van der Waals surface area contributed by atoms with Gasteiger partial charge in [0.2, 0.25) is 0 Å². The van der Waals surface area contributed by atoms with E-state index in [0.29, 0.717) is 12.1 Å². The van der Waals surface area contributed by atoms with Gasteiger partial charge < -0.3 is 15.5 Å². The van der Waals surface area contributed by atoms with Crippen molar-refractivity contribution in [2.75, 3.05) is 0 Å². The second-order valence-electron chi connectivity index (χ2n) is 5.49. The summed E-state index contributed by atoms with van der Waals surface area (Å²) in [6, 6.07) is 13.6. The fourth-order valence-corrected chi connectivity index (χ4v) is 1.96. The van der Waals surface area contributed by atoms with E-state index in [-0.39, 0.29) is 11.7 Å². The van der Waals surface area contributed by atoms with Gasteiger partial charge in [0.05, 0.1) is 5.60 Å². The molecule has 2 aromatic rings. The van der Waals surface area contributed by atoms with E-state index in [0.717, 1.165) is 11.1 Å². The van der Waals surface area contributed by atoms with Crippen LogP contribution in [0, 0.1) is 0 Å². The van der Waals surface area contributed by atoms with Crippen molar-refractivity contribution in [1.29, 1.82) is 0 Å². The third kappa shape index (κ3) is 4.07. The second kappa shape index (κ2) is 5.97. The number of phenols is 1. The smallest absolute Gasteiger partial charge is 0.251 e. The van der Waals surface area contributed by atoms with Gasteiger partial charge in [0.15, 0.2) is 0 Å². The van der Waals surface area contributed by atoms with Gasteiger partial charge in [-0.2, -0.15) is 0 Å². The number of aromatic hydroxyl groups is 1. The summed E-state index contributed by atoms with van der Waals surface area (Å²) < 4.78 is 0. The summed E-state index contributed by atoms with van der Waals surface area (Å²) in [5.41, 5.74) is 1.31. The van der Waals surface area contributed by atoms with Crippen LogP contribution < -0.4 is 5.32 Å². The number of aliphatic hydroxyl groups is 1. The van der Waals surface area contributed by atoms with Crippen molar-refractivity contribution in [2.24, 2.45) is 0 Å². The fraction of sp³-hybridized carbons (Fsp3) is 0.235. The monoisotopic (exact) mass is 285 g/mol. The van der Waals surface area contributed by atoms with E-state index in [4.69, 9.17) is 0 Å². The molecule has 0 heterocycles. The van der Waals surface area contributed by atoms with Crippen molar-refractivity contribution in [1.82, 2.24) is 5.32 Å². The molecule has 0 aliphatic carbocycles. The van der Waals surface area contributed by atoms with Gasteiger partial charge in [-0.05, 0) is 43.2 Å². The van der Waals surface area contributed by atoms with Gasteiger partial charge >= 0.3 is 0 Å². The van der Waals surface area contributed by atoms with Gasteiger partial charge in [-0.15, -0.1) is 0 Å². The Morgan fingerprint density at radius 1 is 1.14 bits per heavy atom. The molecule has 0 bridgehead atoms. The second-order valence-corrected chi connectivity index (χ2v) is 5.49. The lowest BCUT2D eigenvalue weighted by Crippen LogP contribution is -2.22. The molecule has 110 valence electrons. The number of amides is 1. The summed E-state index contributed by atoms with van der Waals surface area (Å²) in [4.78, 5) is 11.9. The lowest BCUT2D eigenvalue weighted by molar-refractivity contribution is 0.0785. The van der Waals surface area contributed by atoms with E-state index in [1.165, 1.54) is 12.1 Å². The molecule has 0 aromatic heterocycles. The standard InChI is InChI=1S/C17H19NO3/c1-17(2,21)14-8-6-12(7-9-14)11-18-16(20)13-4-3-5-15(19)10-13/h3-10,19,21H,11H2,1-2H3,(H,18,20). The van der Waals surface area contributed by atoms with E-state index in [1.54, 1.807) is 26.0 Å². The van der Waals surface area contributed by atoms with Crippen molar-refractivity contribution >= 4 is 5.91 Å². The van der Waals surface area contributed by atoms with Crippen LogP contribution in [0.25, 0.3) is 0 Å². The normalized spacial score (nSPS) is 11.2. The van der Waals surface area contributed by atoms with Crippen molar-refractivity contribution in [3.05, 3.63) is 65.2 Å². The molecule has 0 spiro atoms. The number of hydrogen-bond donors (Lipinski definition) is 3. The predicted molar refractivity (Wildman–Crippen MR) is 81.0 cm³/mol. The molecule has 0 saturated heterocycles. The molecule has 2 aromatic carbocycles. The molecule has 0 fully saturated rings. The molecule has 1 amide bonds. The van der Waals surface area contributed by atoms with Crippen molar-refractivity contribution in [2.45, 2.75) is 26.0 Å². The number of nitrogens with one attached hydrogen (secondary N) is 1. The average molecular weight is 285 g/mol. The Morgan fingerprint density at radius 3 is 2.38 bits per heavy atom. The molecular formula is C17H19NO3. The highest BCUT2D eigenvalue weighted by Gasteiger charge is 2.15. The van der Waals surface area contributed by atoms with Crippen LogP contribution >= 0.6 is 0 Å². The Bertz CT molecular complexity index is 627. The first-order valence-electron chi connectivity index (χ1n) is 6.75. The molecule has 4 heteroatoms. The largest absolute Gasteiger partial charge is 0.508 e. The van der Waals surface area contributed by atoms with Crippen molar-refractivity contribution in [3.8, 4) is 5.75 Å².